The van der Waals surface area contributed by atoms with E-state index in [9.17, 15) is 0 Å². The van der Waals surface area contributed by atoms with E-state index < -0.39 is 0 Å². The zero-order valence-corrected chi connectivity index (χ0v) is 11.5. The van der Waals surface area contributed by atoms with Crippen molar-refractivity contribution in [3.63, 3.8) is 0 Å². The average Bonchev–Trinajstić information content (AvgIpc) is 2.92. The van der Waals surface area contributed by atoms with Crippen molar-refractivity contribution >= 4 is 5.52 Å². The van der Waals surface area contributed by atoms with Gasteiger partial charge in [-0.05, 0) is 42.8 Å². The van der Waals surface area contributed by atoms with Gasteiger partial charge in [-0.3, -0.25) is 4.98 Å². The summed E-state index contributed by atoms with van der Waals surface area (Å²) >= 11 is 0. The standard InChI is InChI=1S/C16H18N4/c1-2-18-15(11-13-6-8-17-9-7-13)14-12-19-20-10-4-3-5-16(14)20/h3-10,12,15,18H,2,11H2,1H3. The zero-order valence-electron chi connectivity index (χ0n) is 11.5. The van der Waals surface area contributed by atoms with E-state index in [1.165, 1.54) is 11.1 Å². The van der Waals surface area contributed by atoms with Crippen molar-refractivity contribution in [2.24, 2.45) is 0 Å². The van der Waals surface area contributed by atoms with Crippen molar-refractivity contribution in [3.05, 3.63) is 66.2 Å². The molecule has 0 aliphatic carbocycles. The molecule has 20 heavy (non-hydrogen) atoms. The highest BCUT2D eigenvalue weighted by atomic mass is 15.2. The molecule has 0 radical (unpaired) electrons. The van der Waals surface area contributed by atoms with Gasteiger partial charge in [-0.25, -0.2) is 4.52 Å². The lowest BCUT2D eigenvalue weighted by Gasteiger charge is -2.17. The Morgan fingerprint density at radius 3 is 2.85 bits per heavy atom. The van der Waals surface area contributed by atoms with Crippen molar-refractivity contribution in [1.29, 1.82) is 0 Å². The largest absolute Gasteiger partial charge is 0.310 e. The van der Waals surface area contributed by atoms with Gasteiger partial charge in [0.2, 0.25) is 0 Å². The molecule has 0 saturated carbocycles. The Bertz CT molecular complexity index is 675. The van der Waals surface area contributed by atoms with E-state index in [1.54, 1.807) is 0 Å². The van der Waals surface area contributed by atoms with Crippen LogP contribution in [0.4, 0.5) is 0 Å². The molecule has 1 N–H and O–H groups in total. The molecule has 0 aliphatic rings. The van der Waals surface area contributed by atoms with Crippen LogP contribution in [0.5, 0.6) is 0 Å². The highest BCUT2D eigenvalue weighted by Crippen LogP contribution is 2.22. The molecule has 3 aromatic heterocycles. The van der Waals surface area contributed by atoms with Crippen LogP contribution in [0.3, 0.4) is 0 Å². The zero-order chi connectivity index (χ0) is 13.8. The van der Waals surface area contributed by atoms with Gasteiger partial charge in [0.15, 0.2) is 0 Å². The predicted octanol–water partition coefficient (Wildman–Crippen LogP) is 2.62. The van der Waals surface area contributed by atoms with Crippen LogP contribution in [0.15, 0.2) is 55.1 Å². The van der Waals surface area contributed by atoms with E-state index in [-0.39, 0.29) is 6.04 Å². The summed E-state index contributed by atoms with van der Waals surface area (Å²) in [5.74, 6) is 0. The van der Waals surface area contributed by atoms with Gasteiger partial charge in [-0.2, -0.15) is 5.10 Å². The van der Waals surface area contributed by atoms with E-state index in [2.05, 4.69) is 46.6 Å². The second kappa shape index (κ2) is 5.84. The molecule has 0 saturated heterocycles. The summed E-state index contributed by atoms with van der Waals surface area (Å²) in [5.41, 5.74) is 3.68. The highest BCUT2D eigenvalue weighted by Gasteiger charge is 2.15. The molecule has 0 bridgehead atoms. The summed E-state index contributed by atoms with van der Waals surface area (Å²) in [6, 6.07) is 10.6. The number of nitrogens with one attached hydrogen (secondary N) is 1. The van der Waals surface area contributed by atoms with Gasteiger partial charge in [0.25, 0.3) is 0 Å². The Hall–Kier alpha value is -2.20. The summed E-state index contributed by atoms with van der Waals surface area (Å²) in [7, 11) is 0. The van der Waals surface area contributed by atoms with Crippen molar-refractivity contribution in [3.8, 4) is 0 Å². The minimum absolute atomic E-state index is 0.266. The van der Waals surface area contributed by atoms with Gasteiger partial charge in [0.05, 0.1) is 11.7 Å². The number of likely N-dealkylation sites (N-methyl/N-ethyl adjacent to an activating group) is 1. The molecule has 0 aromatic carbocycles. The third kappa shape index (κ3) is 2.56. The first-order chi connectivity index (χ1) is 9.88. The predicted molar refractivity (Wildman–Crippen MR) is 79.6 cm³/mol. The first-order valence-electron chi connectivity index (χ1n) is 6.93. The van der Waals surface area contributed by atoms with Gasteiger partial charge in [0.1, 0.15) is 0 Å². The van der Waals surface area contributed by atoms with Gasteiger partial charge in [-0.1, -0.05) is 13.0 Å². The van der Waals surface area contributed by atoms with Crippen LogP contribution in [0, 0.1) is 0 Å². The van der Waals surface area contributed by atoms with Crippen LogP contribution in [0.25, 0.3) is 5.52 Å². The van der Waals surface area contributed by atoms with Crippen LogP contribution < -0.4 is 5.32 Å². The van der Waals surface area contributed by atoms with Crippen molar-refractivity contribution in [2.75, 3.05) is 6.54 Å². The Morgan fingerprint density at radius 2 is 2.05 bits per heavy atom. The lowest BCUT2D eigenvalue weighted by molar-refractivity contribution is 0.553. The summed E-state index contributed by atoms with van der Waals surface area (Å²) in [4.78, 5) is 4.07. The molecule has 3 aromatic rings. The molecule has 0 spiro atoms. The number of aromatic nitrogens is 3. The van der Waals surface area contributed by atoms with E-state index >= 15 is 0 Å². The van der Waals surface area contributed by atoms with E-state index in [0.29, 0.717) is 0 Å². The normalized spacial score (nSPS) is 12.7. The number of rotatable bonds is 5. The highest BCUT2D eigenvalue weighted by molar-refractivity contribution is 5.55. The number of hydrogen-bond donors (Lipinski definition) is 1. The number of pyridine rings is 2. The Balaban J connectivity index is 1.94. The third-order valence-electron chi connectivity index (χ3n) is 3.47. The Kier molecular flexibility index (Phi) is 3.74. The molecule has 4 nitrogen and oxygen atoms in total. The van der Waals surface area contributed by atoms with Gasteiger partial charge >= 0.3 is 0 Å². The number of fused-ring (bicyclic) bond motifs is 1. The number of hydrogen-bond acceptors (Lipinski definition) is 3. The second-order valence-electron chi connectivity index (χ2n) is 4.80. The van der Waals surface area contributed by atoms with Gasteiger partial charge in [-0.15, -0.1) is 0 Å². The minimum atomic E-state index is 0.266. The van der Waals surface area contributed by atoms with Crippen LogP contribution >= 0.6 is 0 Å². The number of nitrogens with zero attached hydrogens (tertiary/aromatic N) is 3. The summed E-state index contributed by atoms with van der Waals surface area (Å²) in [6.45, 7) is 3.06. The fraction of sp³-hybridized carbons (Fsp3) is 0.250. The summed E-state index contributed by atoms with van der Waals surface area (Å²) in [5, 5.41) is 7.98. The molecule has 1 atom stereocenters. The lowest BCUT2D eigenvalue weighted by atomic mass is 10.0. The quantitative estimate of drug-likeness (QED) is 0.772. The molecule has 1 unspecified atom stereocenters. The average molecular weight is 266 g/mol. The van der Waals surface area contributed by atoms with E-state index in [0.717, 1.165) is 18.5 Å². The van der Waals surface area contributed by atoms with Crippen LogP contribution in [0.1, 0.15) is 24.1 Å². The van der Waals surface area contributed by atoms with Gasteiger partial charge in [0, 0.05) is 30.2 Å². The SMILES string of the molecule is CCNC(Cc1ccncc1)c1cnn2ccccc12. The smallest absolute Gasteiger partial charge is 0.0709 e. The van der Waals surface area contributed by atoms with Crippen molar-refractivity contribution < 1.29 is 0 Å². The molecule has 4 heteroatoms. The van der Waals surface area contributed by atoms with Crippen molar-refractivity contribution in [2.45, 2.75) is 19.4 Å². The second-order valence-corrected chi connectivity index (χ2v) is 4.80. The molecule has 102 valence electrons. The van der Waals surface area contributed by atoms with E-state index in [1.807, 2.05) is 35.4 Å². The minimum Gasteiger partial charge on any atom is -0.310 e. The maximum absolute atomic E-state index is 4.43. The molecule has 3 rings (SSSR count). The van der Waals surface area contributed by atoms with E-state index in [4.69, 9.17) is 0 Å². The maximum atomic E-state index is 4.43. The molecule has 0 amide bonds. The monoisotopic (exact) mass is 266 g/mol. The first kappa shape index (κ1) is 12.8. The fourth-order valence-corrected chi connectivity index (χ4v) is 2.52. The van der Waals surface area contributed by atoms with Crippen LogP contribution in [-0.2, 0) is 6.42 Å². The Labute approximate surface area is 118 Å². The lowest BCUT2D eigenvalue weighted by Crippen LogP contribution is -2.22. The van der Waals surface area contributed by atoms with Gasteiger partial charge < -0.3 is 5.32 Å². The third-order valence-corrected chi connectivity index (χ3v) is 3.47. The Morgan fingerprint density at radius 1 is 1.20 bits per heavy atom. The maximum Gasteiger partial charge on any atom is 0.0709 e. The molecule has 0 aliphatic heterocycles. The molecular formula is C16H18N4. The molecule has 3 heterocycles. The fourth-order valence-electron chi connectivity index (χ4n) is 2.52. The van der Waals surface area contributed by atoms with Crippen molar-refractivity contribution in [1.82, 2.24) is 19.9 Å². The van der Waals surface area contributed by atoms with Crippen LogP contribution in [0.2, 0.25) is 0 Å². The summed E-state index contributed by atoms with van der Waals surface area (Å²) < 4.78 is 1.92. The van der Waals surface area contributed by atoms with Crippen LogP contribution in [-0.4, -0.2) is 21.1 Å². The topological polar surface area (TPSA) is 42.2 Å². The molecular weight excluding hydrogens is 248 g/mol. The summed E-state index contributed by atoms with van der Waals surface area (Å²) in [6.07, 6.45) is 8.56. The molecule has 0 fully saturated rings. The first-order valence-corrected chi connectivity index (χ1v) is 6.93.